The highest BCUT2D eigenvalue weighted by Gasteiger charge is 2.33. The van der Waals surface area contributed by atoms with E-state index >= 15 is 0 Å². The van der Waals surface area contributed by atoms with Gasteiger partial charge in [0, 0.05) is 43.1 Å². The first-order valence-corrected chi connectivity index (χ1v) is 9.16. The molecule has 0 amide bonds. The van der Waals surface area contributed by atoms with E-state index in [0.717, 1.165) is 30.8 Å². The van der Waals surface area contributed by atoms with E-state index in [1.807, 2.05) is 18.5 Å². The molecule has 4 rings (SSSR count). The topological polar surface area (TPSA) is 47.3 Å². The molecule has 2 aromatic carbocycles. The van der Waals surface area contributed by atoms with Crippen molar-refractivity contribution in [2.45, 2.75) is 19.4 Å². The summed E-state index contributed by atoms with van der Waals surface area (Å²) in [5, 5.41) is 10.0. The van der Waals surface area contributed by atoms with Crippen LogP contribution in [0.15, 0.2) is 67.0 Å². The van der Waals surface area contributed by atoms with Crippen LogP contribution in [0.4, 0.5) is 0 Å². The molecule has 1 saturated heterocycles. The molecule has 1 aromatic heterocycles. The Bertz CT molecular complexity index is 851. The van der Waals surface area contributed by atoms with Crippen LogP contribution in [0.25, 0.3) is 22.5 Å². The van der Waals surface area contributed by atoms with E-state index < -0.39 is 0 Å². The average Bonchev–Trinajstić information content (AvgIpc) is 3.17. The van der Waals surface area contributed by atoms with Gasteiger partial charge in [0.05, 0.1) is 6.61 Å². The average molecular weight is 348 g/mol. The summed E-state index contributed by atoms with van der Waals surface area (Å²) in [4.78, 5) is 4.65. The zero-order valence-corrected chi connectivity index (χ0v) is 14.8. The maximum Gasteiger partial charge on any atom is 0.140 e. The van der Waals surface area contributed by atoms with E-state index in [4.69, 9.17) is 4.74 Å². The molecule has 1 aliphatic heterocycles. The van der Waals surface area contributed by atoms with Crippen molar-refractivity contribution in [3.05, 3.63) is 67.0 Å². The van der Waals surface area contributed by atoms with Crippen LogP contribution in [0.5, 0.6) is 0 Å². The Morgan fingerprint density at radius 2 is 1.65 bits per heavy atom. The van der Waals surface area contributed by atoms with Gasteiger partial charge in [-0.2, -0.15) is 0 Å². The number of nitrogens with zero attached hydrogens (tertiary/aromatic N) is 2. The number of imidazole rings is 1. The molecular formula is C22H24N2O2. The van der Waals surface area contributed by atoms with Crippen molar-refractivity contribution in [2.24, 2.45) is 5.41 Å². The molecule has 0 atom stereocenters. The molecule has 1 N–H and O–H groups in total. The molecule has 0 bridgehead atoms. The third kappa shape index (κ3) is 3.30. The first-order valence-electron chi connectivity index (χ1n) is 9.16. The van der Waals surface area contributed by atoms with Gasteiger partial charge < -0.3 is 14.4 Å². The van der Waals surface area contributed by atoms with Crippen molar-refractivity contribution in [1.82, 2.24) is 9.55 Å². The quantitative estimate of drug-likeness (QED) is 0.758. The van der Waals surface area contributed by atoms with Crippen LogP contribution in [-0.2, 0) is 11.3 Å². The third-order valence-corrected chi connectivity index (χ3v) is 5.36. The highest BCUT2D eigenvalue weighted by molar-refractivity contribution is 5.80. The number of ether oxygens (including phenoxy) is 1. The molecule has 0 unspecified atom stereocenters. The van der Waals surface area contributed by atoms with Gasteiger partial charge in [-0.25, -0.2) is 4.98 Å². The van der Waals surface area contributed by atoms with Crippen LogP contribution < -0.4 is 0 Å². The van der Waals surface area contributed by atoms with Gasteiger partial charge in [0.2, 0.25) is 0 Å². The lowest BCUT2D eigenvalue weighted by molar-refractivity contribution is -0.0250. The Labute approximate surface area is 154 Å². The minimum atomic E-state index is -0.130. The van der Waals surface area contributed by atoms with Crippen molar-refractivity contribution >= 4 is 0 Å². The van der Waals surface area contributed by atoms with Crippen LogP contribution >= 0.6 is 0 Å². The molecule has 0 radical (unpaired) electrons. The number of rotatable bonds is 5. The lowest BCUT2D eigenvalue weighted by Gasteiger charge is -2.36. The molecule has 4 heteroatoms. The van der Waals surface area contributed by atoms with Gasteiger partial charge in [-0.3, -0.25) is 0 Å². The highest BCUT2D eigenvalue weighted by atomic mass is 16.5. The van der Waals surface area contributed by atoms with Gasteiger partial charge >= 0.3 is 0 Å². The maximum atomic E-state index is 10.0. The monoisotopic (exact) mass is 348 g/mol. The van der Waals surface area contributed by atoms with Gasteiger partial charge in [-0.15, -0.1) is 0 Å². The predicted octanol–water partition coefficient (Wildman–Crippen LogP) is 4.01. The number of hydrogen-bond acceptors (Lipinski definition) is 3. The predicted molar refractivity (Wildman–Crippen MR) is 103 cm³/mol. The molecule has 3 aromatic rings. The van der Waals surface area contributed by atoms with E-state index in [-0.39, 0.29) is 12.0 Å². The summed E-state index contributed by atoms with van der Waals surface area (Å²) in [6.07, 6.45) is 5.62. The molecular weight excluding hydrogens is 324 g/mol. The Hall–Kier alpha value is -2.43. The summed E-state index contributed by atoms with van der Waals surface area (Å²) in [5.41, 5.74) is 3.34. The minimum absolute atomic E-state index is 0.130. The molecule has 0 saturated carbocycles. The Kier molecular flexibility index (Phi) is 4.87. The Balaban J connectivity index is 1.72. The van der Waals surface area contributed by atoms with Crippen molar-refractivity contribution in [3.63, 3.8) is 0 Å². The molecule has 0 aliphatic carbocycles. The molecule has 26 heavy (non-hydrogen) atoms. The SMILES string of the molecule is OCC1(Cn2ccnc2-c2ccccc2-c2ccccc2)CCOCC1. The van der Waals surface area contributed by atoms with Crippen molar-refractivity contribution in [1.29, 1.82) is 0 Å². The van der Waals surface area contributed by atoms with Crippen LogP contribution in [0.2, 0.25) is 0 Å². The maximum absolute atomic E-state index is 10.0. The first-order chi connectivity index (χ1) is 12.8. The summed E-state index contributed by atoms with van der Waals surface area (Å²) >= 11 is 0. The zero-order chi connectivity index (χ0) is 17.8. The molecule has 134 valence electrons. The van der Waals surface area contributed by atoms with Crippen molar-refractivity contribution in [2.75, 3.05) is 19.8 Å². The van der Waals surface area contributed by atoms with E-state index in [9.17, 15) is 5.11 Å². The molecule has 1 fully saturated rings. The molecule has 4 nitrogen and oxygen atoms in total. The highest BCUT2D eigenvalue weighted by Crippen LogP contribution is 2.35. The lowest BCUT2D eigenvalue weighted by Crippen LogP contribution is -2.37. The van der Waals surface area contributed by atoms with Gasteiger partial charge in [0.1, 0.15) is 5.82 Å². The smallest absolute Gasteiger partial charge is 0.140 e. The Morgan fingerprint density at radius 3 is 2.38 bits per heavy atom. The standard InChI is InChI=1S/C22H24N2O2/c25-17-22(10-14-26-15-11-22)16-24-13-12-23-21(24)20-9-5-4-8-19(20)18-6-2-1-3-7-18/h1-9,12-13,25H,10-11,14-17H2. The van der Waals surface area contributed by atoms with Gasteiger partial charge in [-0.1, -0.05) is 54.6 Å². The fourth-order valence-corrected chi connectivity index (χ4v) is 3.76. The second kappa shape index (κ2) is 7.44. The second-order valence-corrected chi connectivity index (χ2v) is 7.06. The van der Waals surface area contributed by atoms with Crippen LogP contribution in [0, 0.1) is 5.41 Å². The number of aromatic nitrogens is 2. The van der Waals surface area contributed by atoms with Gasteiger partial charge in [0.25, 0.3) is 0 Å². The van der Waals surface area contributed by atoms with Crippen LogP contribution in [-0.4, -0.2) is 34.5 Å². The van der Waals surface area contributed by atoms with E-state index in [1.54, 1.807) is 0 Å². The second-order valence-electron chi connectivity index (χ2n) is 7.06. The summed E-state index contributed by atoms with van der Waals surface area (Å²) in [6, 6.07) is 18.8. The summed E-state index contributed by atoms with van der Waals surface area (Å²) < 4.78 is 7.69. The van der Waals surface area contributed by atoms with E-state index in [2.05, 4.69) is 58.1 Å². The van der Waals surface area contributed by atoms with E-state index in [1.165, 1.54) is 11.1 Å². The number of aliphatic hydroxyl groups is 1. The van der Waals surface area contributed by atoms with Gasteiger partial charge in [-0.05, 0) is 24.0 Å². The number of benzene rings is 2. The van der Waals surface area contributed by atoms with Crippen molar-refractivity contribution in [3.8, 4) is 22.5 Å². The number of hydrogen-bond donors (Lipinski definition) is 1. The molecule has 1 aliphatic rings. The van der Waals surface area contributed by atoms with Gasteiger partial charge in [0.15, 0.2) is 0 Å². The summed E-state index contributed by atoms with van der Waals surface area (Å²) in [5.74, 6) is 0.948. The lowest BCUT2D eigenvalue weighted by atomic mass is 9.81. The molecule has 2 heterocycles. The normalized spacial score (nSPS) is 16.5. The fraction of sp³-hybridized carbons (Fsp3) is 0.318. The Morgan fingerprint density at radius 1 is 0.962 bits per heavy atom. The first kappa shape index (κ1) is 17.0. The summed E-state index contributed by atoms with van der Waals surface area (Å²) in [7, 11) is 0. The largest absolute Gasteiger partial charge is 0.396 e. The molecule has 0 spiro atoms. The van der Waals surface area contributed by atoms with E-state index in [0.29, 0.717) is 13.2 Å². The van der Waals surface area contributed by atoms with Crippen molar-refractivity contribution < 1.29 is 9.84 Å². The zero-order valence-electron chi connectivity index (χ0n) is 14.8. The third-order valence-electron chi connectivity index (χ3n) is 5.36. The minimum Gasteiger partial charge on any atom is -0.396 e. The fourth-order valence-electron chi connectivity index (χ4n) is 3.76. The summed E-state index contributed by atoms with van der Waals surface area (Å²) in [6.45, 7) is 2.36. The van der Waals surface area contributed by atoms with Crippen LogP contribution in [0.3, 0.4) is 0 Å². The number of aliphatic hydroxyl groups excluding tert-OH is 1. The van der Waals surface area contributed by atoms with Crippen LogP contribution in [0.1, 0.15) is 12.8 Å².